The molecule has 1 saturated carbocycles. The third kappa shape index (κ3) is 2.83. The first kappa shape index (κ1) is 14.7. The van der Waals surface area contributed by atoms with Crippen molar-refractivity contribution in [2.24, 2.45) is 11.3 Å². The fourth-order valence-corrected chi connectivity index (χ4v) is 5.13. The lowest BCUT2D eigenvalue weighted by atomic mass is 9.78. The second kappa shape index (κ2) is 5.64. The minimum atomic E-state index is -0.0561. The van der Waals surface area contributed by atoms with Gasteiger partial charge in [-0.3, -0.25) is 9.69 Å². The van der Waals surface area contributed by atoms with Crippen LogP contribution in [0.3, 0.4) is 0 Å². The first-order valence-electron chi connectivity index (χ1n) is 8.72. The van der Waals surface area contributed by atoms with E-state index in [-0.39, 0.29) is 5.41 Å². The molecule has 3 aliphatic rings. The number of rotatable bonds is 4. The molecule has 3 nitrogen and oxygen atoms in total. The van der Waals surface area contributed by atoms with Gasteiger partial charge in [0.1, 0.15) is 0 Å². The van der Waals surface area contributed by atoms with E-state index in [1.807, 2.05) is 11.3 Å². The molecule has 0 aromatic carbocycles. The molecule has 2 aliphatic heterocycles. The number of piperidine rings is 1. The van der Waals surface area contributed by atoms with Gasteiger partial charge in [-0.2, -0.15) is 0 Å². The Bertz CT molecular complexity index is 565. The molecule has 1 aromatic rings. The van der Waals surface area contributed by atoms with Crippen LogP contribution in [0.4, 0.5) is 0 Å². The Kier molecular flexibility index (Phi) is 3.77. The average Bonchev–Trinajstić information content (AvgIpc) is 3.09. The zero-order chi connectivity index (χ0) is 15.2. The number of aryl methyl sites for hydroxylation is 1. The maximum Gasteiger partial charge on any atom is 0.230 e. The van der Waals surface area contributed by atoms with E-state index < -0.39 is 0 Å². The van der Waals surface area contributed by atoms with E-state index in [1.165, 1.54) is 29.0 Å². The molecule has 3 fully saturated rings. The summed E-state index contributed by atoms with van der Waals surface area (Å²) in [6, 6.07) is 4.45. The number of hydrogen-bond acceptors (Lipinski definition) is 3. The van der Waals surface area contributed by atoms with Crippen LogP contribution in [0, 0.1) is 18.3 Å². The van der Waals surface area contributed by atoms with Gasteiger partial charge in [0.15, 0.2) is 0 Å². The number of amides is 1. The molecule has 1 atom stereocenters. The SMILES string of the molecule is Cc1ccc(CN2CC[C@@]3(CCCN(CC4CC4)C3=O)C2)s1. The molecule has 120 valence electrons. The molecule has 3 heterocycles. The van der Waals surface area contributed by atoms with Gasteiger partial charge in [-0.15, -0.1) is 11.3 Å². The zero-order valence-corrected chi connectivity index (χ0v) is 14.3. The summed E-state index contributed by atoms with van der Waals surface area (Å²) in [7, 11) is 0. The van der Waals surface area contributed by atoms with Crippen LogP contribution in [-0.4, -0.2) is 41.9 Å². The van der Waals surface area contributed by atoms with Crippen LogP contribution in [0.5, 0.6) is 0 Å². The molecule has 2 saturated heterocycles. The van der Waals surface area contributed by atoms with Gasteiger partial charge in [-0.1, -0.05) is 0 Å². The van der Waals surface area contributed by atoms with E-state index in [0.29, 0.717) is 5.91 Å². The first-order chi connectivity index (χ1) is 10.6. The lowest BCUT2D eigenvalue weighted by Gasteiger charge is -2.39. The number of hydrogen-bond donors (Lipinski definition) is 0. The minimum Gasteiger partial charge on any atom is -0.342 e. The number of carbonyl (C=O) groups is 1. The number of likely N-dealkylation sites (tertiary alicyclic amines) is 2. The summed E-state index contributed by atoms with van der Waals surface area (Å²) in [5.74, 6) is 1.28. The molecule has 0 radical (unpaired) electrons. The van der Waals surface area contributed by atoms with Crippen LogP contribution in [0.25, 0.3) is 0 Å². The highest BCUT2D eigenvalue weighted by Gasteiger charge is 2.48. The second-order valence-corrected chi connectivity index (χ2v) is 8.92. The summed E-state index contributed by atoms with van der Waals surface area (Å²) in [5.41, 5.74) is -0.0561. The molecule has 1 spiro atoms. The maximum absolute atomic E-state index is 13.0. The van der Waals surface area contributed by atoms with Crippen LogP contribution in [0.2, 0.25) is 0 Å². The van der Waals surface area contributed by atoms with Crippen LogP contribution in [0.15, 0.2) is 12.1 Å². The van der Waals surface area contributed by atoms with E-state index >= 15 is 0 Å². The van der Waals surface area contributed by atoms with Gasteiger partial charge in [-0.05, 0) is 63.6 Å². The maximum atomic E-state index is 13.0. The summed E-state index contributed by atoms with van der Waals surface area (Å²) >= 11 is 1.89. The fourth-order valence-electron chi connectivity index (χ4n) is 4.20. The van der Waals surface area contributed by atoms with Crippen molar-refractivity contribution in [1.29, 1.82) is 0 Å². The van der Waals surface area contributed by atoms with Crippen LogP contribution >= 0.6 is 11.3 Å². The molecule has 4 heteroatoms. The van der Waals surface area contributed by atoms with Crippen molar-refractivity contribution in [2.75, 3.05) is 26.2 Å². The van der Waals surface area contributed by atoms with Gasteiger partial charge in [0.2, 0.25) is 5.91 Å². The molecule has 0 unspecified atom stereocenters. The Labute approximate surface area is 137 Å². The Morgan fingerprint density at radius 1 is 1.27 bits per heavy atom. The Balaban J connectivity index is 1.41. The molecular weight excluding hydrogens is 292 g/mol. The molecule has 0 bridgehead atoms. The van der Waals surface area contributed by atoms with E-state index in [0.717, 1.165) is 51.5 Å². The number of carbonyl (C=O) groups excluding carboxylic acids is 1. The van der Waals surface area contributed by atoms with Gasteiger partial charge >= 0.3 is 0 Å². The minimum absolute atomic E-state index is 0.0561. The van der Waals surface area contributed by atoms with Gasteiger partial charge in [0, 0.05) is 35.9 Å². The summed E-state index contributed by atoms with van der Waals surface area (Å²) in [6.07, 6.45) is 6.04. The van der Waals surface area contributed by atoms with Crippen LogP contribution in [-0.2, 0) is 11.3 Å². The predicted octanol–water partition coefficient (Wildman–Crippen LogP) is 3.28. The number of nitrogens with zero attached hydrogens (tertiary/aromatic N) is 2. The quantitative estimate of drug-likeness (QED) is 0.850. The molecule has 22 heavy (non-hydrogen) atoms. The summed E-state index contributed by atoms with van der Waals surface area (Å²) in [4.78, 5) is 20.5. The molecular formula is C18H26N2OS. The van der Waals surface area contributed by atoms with Crippen molar-refractivity contribution >= 4 is 17.2 Å². The zero-order valence-electron chi connectivity index (χ0n) is 13.5. The van der Waals surface area contributed by atoms with Gasteiger partial charge < -0.3 is 4.90 Å². The third-order valence-corrected chi connectivity index (χ3v) is 6.59. The predicted molar refractivity (Wildman–Crippen MR) is 89.9 cm³/mol. The Morgan fingerprint density at radius 2 is 2.14 bits per heavy atom. The Hall–Kier alpha value is -0.870. The highest BCUT2D eigenvalue weighted by Crippen LogP contribution is 2.42. The highest BCUT2D eigenvalue weighted by atomic mass is 32.1. The first-order valence-corrected chi connectivity index (χ1v) is 9.53. The van der Waals surface area contributed by atoms with Crippen molar-refractivity contribution in [3.05, 3.63) is 21.9 Å². The summed E-state index contributed by atoms with van der Waals surface area (Å²) in [6.45, 7) is 7.28. The van der Waals surface area contributed by atoms with Gasteiger partial charge in [-0.25, -0.2) is 0 Å². The lowest BCUT2D eigenvalue weighted by Crippen LogP contribution is -2.50. The molecule has 1 aliphatic carbocycles. The molecule has 0 N–H and O–H groups in total. The fraction of sp³-hybridized carbons (Fsp3) is 0.722. The third-order valence-electron chi connectivity index (χ3n) is 5.61. The van der Waals surface area contributed by atoms with Crippen molar-refractivity contribution in [3.8, 4) is 0 Å². The van der Waals surface area contributed by atoms with E-state index in [1.54, 1.807) is 0 Å². The summed E-state index contributed by atoms with van der Waals surface area (Å²) < 4.78 is 0. The Morgan fingerprint density at radius 3 is 2.86 bits per heavy atom. The number of thiophene rings is 1. The standard InChI is InChI=1S/C18H26N2OS/c1-14-3-6-16(22-14)12-19-10-8-18(13-19)7-2-9-20(17(18)21)11-15-4-5-15/h3,6,15H,2,4-5,7-13H2,1H3/t18-/m0/s1. The monoisotopic (exact) mass is 318 g/mol. The van der Waals surface area contributed by atoms with Crippen LogP contribution < -0.4 is 0 Å². The van der Waals surface area contributed by atoms with Crippen molar-refractivity contribution in [2.45, 2.75) is 45.6 Å². The van der Waals surface area contributed by atoms with Crippen LogP contribution in [0.1, 0.15) is 41.9 Å². The average molecular weight is 318 g/mol. The molecule has 1 aromatic heterocycles. The highest BCUT2D eigenvalue weighted by molar-refractivity contribution is 7.11. The van der Waals surface area contributed by atoms with Crippen molar-refractivity contribution in [3.63, 3.8) is 0 Å². The topological polar surface area (TPSA) is 23.6 Å². The largest absolute Gasteiger partial charge is 0.342 e. The van der Waals surface area contributed by atoms with E-state index in [9.17, 15) is 4.79 Å². The van der Waals surface area contributed by atoms with Gasteiger partial charge in [0.05, 0.1) is 5.41 Å². The normalized spacial score (nSPS) is 29.7. The van der Waals surface area contributed by atoms with E-state index in [2.05, 4.69) is 28.9 Å². The smallest absolute Gasteiger partial charge is 0.230 e. The molecule has 4 rings (SSSR count). The summed E-state index contributed by atoms with van der Waals surface area (Å²) in [5, 5.41) is 0. The molecule has 1 amide bonds. The van der Waals surface area contributed by atoms with Crippen molar-refractivity contribution in [1.82, 2.24) is 9.80 Å². The van der Waals surface area contributed by atoms with E-state index in [4.69, 9.17) is 0 Å². The second-order valence-electron chi connectivity index (χ2n) is 7.55. The lowest BCUT2D eigenvalue weighted by molar-refractivity contribution is -0.145. The van der Waals surface area contributed by atoms with Gasteiger partial charge in [0.25, 0.3) is 0 Å². The van der Waals surface area contributed by atoms with Crippen molar-refractivity contribution < 1.29 is 4.79 Å².